The summed E-state index contributed by atoms with van der Waals surface area (Å²) in [5, 5.41) is 12.3. The summed E-state index contributed by atoms with van der Waals surface area (Å²) >= 11 is 6.06. The molecule has 1 aliphatic carbocycles. The predicted octanol–water partition coefficient (Wildman–Crippen LogP) is 4.45. The van der Waals surface area contributed by atoms with Crippen LogP contribution in [0.5, 0.6) is 0 Å². The fraction of sp³-hybridized carbons (Fsp3) is 0.367. The Morgan fingerprint density at radius 2 is 1.83 bits per heavy atom. The molecule has 5 aromatic rings. The second-order valence-electron chi connectivity index (χ2n) is 11.1. The highest BCUT2D eigenvalue weighted by Gasteiger charge is 2.27. The van der Waals surface area contributed by atoms with E-state index in [1.807, 2.05) is 58.6 Å². The highest BCUT2D eigenvalue weighted by atomic mass is 35.5. The molecule has 0 radical (unpaired) electrons. The van der Waals surface area contributed by atoms with Gasteiger partial charge in [-0.2, -0.15) is 0 Å². The van der Waals surface area contributed by atoms with Gasteiger partial charge in [-0.05, 0) is 74.9 Å². The Bertz CT molecular complexity index is 1830. The average Bonchev–Trinajstić information content (AvgIpc) is 3.48. The summed E-state index contributed by atoms with van der Waals surface area (Å²) in [6.07, 6.45) is 5.10. The Morgan fingerprint density at radius 3 is 2.59 bits per heavy atom. The summed E-state index contributed by atoms with van der Waals surface area (Å²) in [7, 11) is 0. The van der Waals surface area contributed by atoms with Gasteiger partial charge in [0.05, 0.1) is 51.7 Å². The smallest absolute Gasteiger partial charge is 0.333 e. The van der Waals surface area contributed by atoms with Crippen molar-refractivity contribution < 1.29 is 9.53 Å². The van der Waals surface area contributed by atoms with Crippen LogP contribution < -0.4 is 11.0 Å². The molecule has 3 aromatic heterocycles. The van der Waals surface area contributed by atoms with E-state index in [1.54, 1.807) is 16.8 Å². The van der Waals surface area contributed by atoms with E-state index in [4.69, 9.17) is 16.3 Å². The van der Waals surface area contributed by atoms with Crippen molar-refractivity contribution >= 4 is 39.6 Å². The number of nitrogens with one attached hydrogen (secondary N) is 1. The van der Waals surface area contributed by atoms with Crippen molar-refractivity contribution in [3.05, 3.63) is 81.5 Å². The molecule has 1 saturated carbocycles. The first-order chi connectivity index (χ1) is 20.0. The molecule has 0 atom stereocenters. The number of halogens is 1. The zero-order valence-corrected chi connectivity index (χ0v) is 23.4. The monoisotopic (exact) mass is 571 g/mol. The minimum atomic E-state index is -0.140. The minimum Gasteiger partial charge on any atom is -0.377 e. The standard InChI is InChI=1S/C30H30ClN7O3/c1-18-24(12-20(31)14-32-18)29(39)33-21-8-6-19(7-9-21)15-36-27-4-2-3-5-28(27)37(30(36)40)22-10-11-26-25(13-22)34-35-38(26)23-16-41-17-23/h2-5,10-14,19,21,23H,6-9,15-17H2,1H3,(H,33,39)/t19-,21-. The maximum Gasteiger partial charge on any atom is 0.333 e. The molecular formula is C30H30ClN7O3. The molecule has 1 N–H and O–H groups in total. The molecule has 4 heterocycles. The van der Waals surface area contributed by atoms with Crippen LogP contribution in [0.2, 0.25) is 5.02 Å². The molecule has 1 saturated heterocycles. The summed E-state index contributed by atoms with van der Waals surface area (Å²) in [4.78, 5) is 30.9. The molecule has 1 amide bonds. The Labute approximate surface area is 240 Å². The van der Waals surface area contributed by atoms with Crippen LogP contribution in [0.1, 0.15) is 47.8 Å². The number of hydrogen-bond donors (Lipinski definition) is 1. The van der Waals surface area contributed by atoms with Crippen LogP contribution in [0.4, 0.5) is 0 Å². The molecule has 11 heteroatoms. The number of aromatic nitrogens is 6. The molecule has 1 aliphatic heterocycles. The van der Waals surface area contributed by atoms with Gasteiger partial charge in [0, 0.05) is 18.8 Å². The van der Waals surface area contributed by atoms with E-state index in [0.29, 0.717) is 42.0 Å². The van der Waals surface area contributed by atoms with Gasteiger partial charge in [0.1, 0.15) is 11.6 Å². The third-order valence-electron chi connectivity index (χ3n) is 8.44. The van der Waals surface area contributed by atoms with Gasteiger partial charge in [-0.1, -0.05) is 28.9 Å². The molecule has 2 aliphatic rings. The molecular weight excluding hydrogens is 542 g/mol. The number of imidazole rings is 1. The third-order valence-corrected chi connectivity index (χ3v) is 8.64. The Balaban J connectivity index is 1.10. The number of nitrogens with zero attached hydrogens (tertiary/aromatic N) is 6. The molecule has 10 nitrogen and oxygen atoms in total. The lowest BCUT2D eigenvalue weighted by molar-refractivity contribution is -0.0274. The number of carbonyl (C=O) groups is 1. The fourth-order valence-electron chi connectivity index (χ4n) is 6.09. The number of amides is 1. The van der Waals surface area contributed by atoms with E-state index < -0.39 is 0 Å². The second-order valence-corrected chi connectivity index (χ2v) is 11.5. The number of carbonyl (C=O) groups excluding carboxylic acids is 1. The van der Waals surface area contributed by atoms with Gasteiger partial charge >= 0.3 is 5.69 Å². The van der Waals surface area contributed by atoms with E-state index >= 15 is 0 Å². The first kappa shape index (κ1) is 25.9. The normalized spacial score (nSPS) is 19.5. The highest BCUT2D eigenvalue weighted by molar-refractivity contribution is 6.30. The number of para-hydroxylation sites is 2. The van der Waals surface area contributed by atoms with Crippen molar-refractivity contribution in [2.45, 2.75) is 51.2 Å². The van der Waals surface area contributed by atoms with Crippen LogP contribution in [-0.4, -0.2) is 54.3 Å². The Kier molecular flexibility index (Phi) is 6.59. The predicted molar refractivity (Wildman–Crippen MR) is 156 cm³/mol. The number of aryl methyl sites for hydroxylation is 1. The molecule has 210 valence electrons. The fourth-order valence-corrected chi connectivity index (χ4v) is 6.24. The number of benzene rings is 2. The number of hydrogen-bond acceptors (Lipinski definition) is 6. The summed E-state index contributed by atoms with van der Waals surface area (Å²) in [6, 6.07) is 15.8. The van der Waals surface area contributed by atoms with E-state index in [2.05, 4.69) is 20.6 Å². The van der Waals surface area contributed by atoms with Gasteiger partial charge in [0.2, 0.25) is 0 Å². The summed E-state index contributed by atoms with van der Waals surface area (Å²) in [5.74, 6) is 0.194. The number of pyridine rings is 1. The lowest BCUT2D eigenvalue weighted by Crippen LogP contribution is -2.39. The quantitative estimate of drug-likeness (QED) is 0.322. The lowest BCUT2D eigenvalue weighted by atomic mass is 9.85. The van der Waals surface area contributed by atoms with Gasteiger partial charge in [-0.3, -0.25) is 18.9 Å². The minimum absolute atomic E-state index is 0.0651. The number of fused-ring (bicyclic) bond motifs is 2. The van der Waals surface area contributed by atoms with Gasteiger partial charge in [-0.25, -0.2) is 9.48 Å². The van der Waals surface area contributed by atoms with E-state index in [0.717, 1.165) is 53.4 Å². The van der Waals surface area contributed by atoms with Crippen LogP contribution in [0.15, 0.2) is 59.5 Å². The van der Waals surface area contributed by atoms with E-state index in [9.17, 15) is 9.59 Å². The maximum atomic E-state index is 13.9. The number of ether oxygens (including phenoxy) is 1. The van der Waals surface area contributed by atoms with Gasteiger partial charge in [0.25, 0.3) is 5.91 Å². The molecule has 7 rings (SSSR count). The Morgan fingerprint density at radius 1 is 1.05 bits per heavy atom. The van der Waals surface area contributed by atoms with Crippen molar-refractivity contribution in [3.8, 4) is 5.69 Å². The summed E-state index contributed by atoms with van der Waals surface area (Å²) in [5.41, 5.74) is 5.34. The van der Waals surface area contributed by atoms with E-state index in [1.165, 1.54) is 0 Å². The van der Waals surface area contributed by atoms with Crippen LogP contribution in [0.3, 0.4) is 0 Å². The van der Waals surface area contributed by atoms with Crippen LogP contribution >= 0.6 is 11.6 Å². The van der Waals surface area contributed by atoms with Gasteiger partial charge in [-0.15, -0.1) is 5.10 Å². The first-order valence-corrected chi connectivity index (χ1v) is 14.4. The molecule has 0 unspecified atom stereocenters. The maximum absolute atomic E-state index is 13.9. The Hall–Kier alpha value is -4.02. The third kappa shape index (κ3) is 4.70. The number of rotatable bonds is 6. The highest BCUT2D eigenvalue weighted by Crippen LogP contribution is 2.29. The van der Waals surface area contributed by atoms with Crippen molar-refractivity contribution in [2.24, 2.45) is 5.92 Å². The summed E-state index contributed by atoms with van der Waals surface area (Å²) in [6.45, 7) is 3.72. The van der Waals surface area contributed by atoms with Crippen molar-refractivity contribution in [2.75, 3.05) is 13.2 Å². The van der Waals surface area contributed by atoms with Crippen molar-refractivity contribution in [1.29, 1.82) is 0 Å². The zero-order valence-electron chi connectivity index (χ0n) is 22.7. The SMILES string of the molecule is Cc1ncc(Cl)cc1C(=O)N[C@H]1CC[C@H](Cn2c(=O)n(-c3ccc4c(c3)nnn4C3COC3)c3ccccc32)CC1. The molecule has 2 fully saturated rings. The van der Waals surface area contributed by atoms with Crippen LogP contribution in [0, 0.1) is 12.8 Å². The largest absolute Gasteiger partial charge is 0.377 e. The molecule has 41 heavy (non-hydrogen) atoms. The van der Waals surface area contributed by atoms with Crippen molar-refractivity contribution in [1.82, 2.24) is 34.4 Å². The average molecular weight is 572 g/mol. The van der Waals surface area contributed by atoms with Crippen LogP contribution in [0.25, 0.3) is 27.8 Å². The van der Waals surface area contributed by atoms with E-state index in [-0.39, 0.29) is 23.7 Å². The van der Waals surface area contributed by atoms with Gasteiger partial charge < -0.3 is 10.1 Å². The second kappa shape index (κ2) is 10.4. The van der Waals surface area contributed by atoms with Crippen molar-refractivity contribution in [3.63, 3.8) is 0 Å². The zero-order chi connectivity index (χ0) is 28.1. The topological polar surface area (TPSA) is 109 Å². The summed E-state index contributed by atoms with van der Waals surface area (Å²) < 4.78 is 10.9. The van der Waals surface area contributed by atoms with Crippen LogP contribution in [-0.2, 0) is 11.3 Å². The first-order valence-electron chi connectivity index (χ1n) is 14.0. The lowest BCUT2D eigenvalue weighted by Gasteiger charge is -2.29. The molecule has 0 bridgehead atoms. The van der Waals surface area contributed by atoms with Gasteiger partial charge in [0.15, 0.2) is 0 Å². The molecule has 2 aromatic carbocycles. The molecule has 0 spiro atoms.